The molecule has 0 amide bonds. The molecule has 0 aromatic heterocycles. The van der Waals surface area contributed by atoms with Crippen molar-refractivity contribution in [3.05, 3.63) is 29.8 Å². The third-order valence-electron chi connectivity index (χ3n) is 1.78. The highest BCUT2D eigenvalue weighted by Gasteiger charge is 2.49. The summed E-state index contributed by atoms with van der Waals surface area (Å²) in [7, 11) is 0. The number of aliphatic hydroxyl groups excluding tert-OH is 1. The van der Waals surface area contributed by atoms with Crippen LogP contribution in [0, 0.1) is 0 Å². The van der Waals surface area contributed by atoms with Gasteiger partial charge in [0.2, 0.25) is 0 Å². The van der Waals surface area contributed by atoms with Crippen LogP contribution < -0.4 is 4.74 Å². The van der Waals surface area contributed by atoms with Crippen molar-refractivity contribution in [2.24, 2.45) is 0 Å². The van der Waals surface area contributed by atoms with Crippen molar-refractivity contribution < 1.29 is 18.6 Å². The van der Waals surface area contributed by atoms with E-state index in [9.17, 15) is 8.78 Å². The van der Waals surface area contributed by atoms with E-state index in [1.807, 2.05) is 0 Å². The third kappa shape index (κ3) is 0.881. The Hall–Kier alpha value is -1.16. The molecule has 64 valence electrons. The lowest BCUT2D eigenvalue weighted by Crippen LogP contribution is -2.26. The largest absolute Gasteiger partial charge is 0.430 e. The molecule has 4 heteroatoms. The zero-order valence-corrected chi connectivity index (χ0v) is 6.00. The van der Waals surface area contributed by atoms with Crippen LogP contribution in [0.3, 0.4) is 0 Å². The Balaban J connectivity index is 2.49. The number of hydrogen-bond acceptors (Lipinski definition) is 2. The molecule has 0 fully saturated rings. The quantitative estimate of drug-likeness (QED) is 0.645. The molecule has 1 unspecified atom stereocenters. The number of halogens is 2. The molecule has 0 radical (unpaired) electrons. The second-order valence-corrected chi connectivity index (χ2v) is 2.60. The lowest BCUT2D eigenvalue weighted by atomic mass is 10.1. The molecule has 1 aromatic carbocycles. The number of alkyl halides is 2. The molecule has 1 aliphatic rings. The topological polar surface area (TPSA) is 29.5 Å². The van der Waals surface area contributed by atoms with Gasteiger partial charge in [-0.25, -0.2) is 0 Å². The Bertz CT molecular complexity index is 312. The summed E-state index contributed by atoms with van der Waals surface area (Å²) < 4.78 is 29.5. The molecule has 1 aliphatic heterocycles. The highest BCUT2D eigenvalue weighted by atomic mass is 19.3. The molecule has 1 atom stereocenters. The van der Waals surface area contributed by atoms with Crippen LogP contribution >= 0.6 is 0 Å². The average molecular weight is 172 g/mol. The zero-order valence-electron chi connectivity index (χ0n) is 6.00. The van der Waals surface area contributed by atoms with Gasteiger partial charge in [0, 0.05) is 5.56 Å². The second kappa shape index (κ2) is 2.17. The third-order valence-corrected chi connectivity index (χ3v) is 1.78. The Morgan fingerprint density at radius 3 is 2.67 bits per heavy atom. The van der Waals surface area contributed by atoms with Crippen molar-refractivity contribution in [3.8, 4) is 5.75 Å². The minimum Gasteiger partial charge on any atom is -0.430 e. The van der Waals surface area contributed by atoms with Crippen molar-refractivity contribution in [2.75, 3.05) is 0 Å². The van der Waals surface area contributed by atoms with Crippen LogP contribution in [0.2, 0.25) is 0 Å². The monoisotopic (exact) mass is 172 g/mol. The molecule has 1 heterocycles. The van der Waals surface area contributed by atoms with Gasteiger partial charge in [0.15, 0.2) is 6.10 Å². The van der Waals surface area contributed by atoms with E-state index in [0.29, 0.717) is 0 Å². The lowest BCUT2D eigenvalue weighted by Gasteiger charge is -2.11. The molecule has 0 saturated heterocycles. The molecular formula is C8H6F2O2. The fourth-order valence-electron chi connectivity index (χ4n) is 1.18. The van der Waals surface area contributed by atoms with Crippen LogP contribution in [0.5, 0.6) is 5.75 Å². The highest BCUT2D eigenvalue weighted by Crippen LogP contribution is 2.44. The van der Waals surface area contributed by atoms with Gasteiger partial charge in [-0.3, -0.25) is 0 Å². The van der Waals surface area contributed by atoms with Gasteiger partial charge in [0.25, 0.3) is 0 Å². The predicted octanol–water partition coefficient (Wildman–Crippen LogP) is 1.71. The van der Waals surface area contributed by atoms with Crippen molar-refractivity contribution in [1.82, 2.24) is 0 Å². The summed E-state index contributed by atoms with van der Waals surface area (Å²) in [5.41, 5.74) is 0.141. The average Bonchev–Trinajstić information content (AvgIpc) is 2.24. The number of benzene rings is 1. The molecule has 2 nitrogen and oxygen atoms in total. The predicted molar refractivity (Wildman–Crippen MR) is 37.0 cm³/mol. The summed E-state index contributed by atoms with van der Waals surface area (Å²) in [4.78, 5) is 0. The zero-order chi connectivity index (χ0) is 8.77. The fraction of sp³-hybridized carbons (Fsp3) is 0.250. The smallest absolute Gasteiger partial charge is 0.429 e. The first-order valence-corrected chi connectivity index (χ1v) is 3.45. The summed E-state index contributed by atoms with van der Waals surface area (Å²) in [6.45, 7) is 0. The molecule has 0 saturated carbocycles. The van der Waals surface area contributed by atoms with Crippen molar-refractivity contribution in [3.63, 3.8) is 0 Å². The Labute approximate surface area is 67.4 Å². The molecule has 2 rings (SSSR count). The van der Waals surface area contributed by atoms with Crippen LogP contribution in [-0.2, 0) is 0 Å². The number of para-hydroxylation sites is 1. The summed E-state index contributed by atoms with van der Waals surface area (Å²) in [6.07, 6.45) is -5.32. The molecule has 0 aliphatic carbocycles. The maximum absolute atomic E-state index is 12.7. The first-order chi connectivity index (χ1) is 5.61. The minimum absolute atomic E-state index is 0.0509. The van der Waals surface area contributed by atoms with Crippen LogP contribution in [0.15, 0.2) is 24.3 Å². The summed E-state index contributed by atoms with van der Waals surface area (Å²) in [5.74, 6) is 0.0509. The van der Waals surface area contributed by atoms with Gasteiger partial charge >= 0.3 is 6.11 Å². The molecule has 0 spiro atoms. The van der Waals surface area contributed by atoms with Gasteiger partial charge in [-0.2, -0.15) is 8.78 Å². The normalized spacial score (nSPS) is 24.8. The number of rotatable bonds is 0. The van der Waals surface area contributed by atoms with E-state index in [1.165, 1.54) is 12.1 Å². The Morgan fingerprint density at radius 1 is 1.33 bits per heavy atom. The standard InChI is InChI=1S/C8H6F2O2/c9-8(10)7(11)5-3-1-2-4-6(5)12-8/h1-4,7,11H. The van der Waals surface area contributed by atoms with Gasteiger partial charge in [-0.05, 0) is 6.07 Å². The SMILES string of the molecule is OC1c2ccccc2OC1(F)F. The van der Waals surface area contributed by atoms with Crippen molar-refractivity contribution in [1.29, 1.82) is 0 Å². The fourth-order valence-corrected chi connectivity index (χ4v) is 1.18. The van der Waals surface area contributed by atoms with E-state index in [0.717, 1.165) is 0 Å². The van der Waals surface area contributed by atoms with Gasteiger partial charge < -0.3 is 9.84 Å². The van der Waals surface area contributed by atoms with Crippen LogP contribution in [-0.4, -0.2) is 11.2 Å². The van der Waals surface area contributed by atoms with Crippen molar-refractivity contribution in [2.45, 2.75) is 12.2 Å². The van der Waals surface area contributed by atoms with Gasteiger partial charge in [0.05, 0.1) is 0 Å². The maximum Gasteiger partial charge on any atom is 0.429 e. The van der Waals surface area contributed by atoms with E-state index in [1.54, 1.807) is 12.1 Å². The minimum atomic E-state index is -3.48. The van der Waals surface area contributed by atoms with E-state index >= 15 is 0 Å². The Kier molecular flexibility index (Phi) is 1.35. The van der Waals surface area contributed by atoms with E-state index in [-0.39, 0.29) is 11.3 Å². The number of fused-ring (bicyclic) bond motifs is 1. The summed E-state index contributed by atoms with van der Waals surface area (Å²) in [6, 6.07) is 5.97. The summed E-state index contributed by atoms with van der Waals surface area (Å²) >= 11 is 0. The van der Waals surface area contributed by atoms with Crippen molar-refractivity contribution >= 4 is 0 Å². The molecule has 1 aromatic rings. The van der Waals surface area contributed by atoms with Crippen LogP contribution in [0.1, 0.15) is 11.7 Å². The number of aliphatic hydroxyl groups is 1. The van der Waals surface area contributed by atoms with E-state index in [2.05, 4.69) is 4.74 Å². The maximum atomic E-state index is 12.7. The number of ether oxygens (including phenoxy) is 1. The molecule has 1 N–H and O–H groups in total. The molecular weight excluding hydrogens is 166 g/mol. The molecule has 12 heavy (non-hydrogen) atoms. The first kappa shape index (κ1) is 7.49. The van der Waals surface area contributed by atoms with Crippen LogP contribution in [0.4, 0.5) is 8.78 Å². The number of hydrogen-bond donors (Lipinski definition) is 1. The Morgan fingerprint density at radius 2 is 2.00 bits per heavy atom. The van der Waals surface area contributed by atoms with E-state index < -0.39 is 12.2 Å². The van der Waals surface area contributed by atoms with Gasteiger partial charge in [-0.1, -0.05) is 18.2 Å². The van der Waals surface area contributed by atoms with Gasteiger partial charge in [0.1, 0.15) is 5.75 Å². The van der Waals surface area contributed by atoms with E-state index in [4.69, 9.17) is 5.11 Å². The van der Waals surface area contributed by atoms with Crippen LogP contribution in [0.25, 0.3) is 0 Å². The second-order valence-electron chi connectivity index (χ2n) is 2.60. The highest BCUT2D eigenvalue weighted by molar-refractivity contribution is 5.39. The summed E-state index contributed by atoms with van der Waals surface area (Å²) in [5, 5.41) is 9.03. The first-order valence-electron chi connectivity index (χ1n) is 3.45. The molecule has 0 bridgehead atoms. The lowest BCUT2D eigenvalue weighted by molar-refractivity contribution is -0.224. The van der Waals surface area contributed by atoms with Gasteiger partial charge in [-0.15, -0.1) is 0 Å².